The van der Waals surface area contributed by atoms with Gasteiger partial charge in [-0.1, -0.05) is 35.9 Å². The van der Waals surface area contributed by atoms with Gasteiger partial charge in [0, 0.05) is 29.2 Å². The van der Waals surface area contributed by atoms with Crippen molar-refractivity contribution < 1.29 is 22.3 Å². The number of rotatable bonds is 9. The highest BCUT2D eigenvalue weighted by Crippen LogP contribution is 2.43. The van der Waals surface area contributed by atoms with Crippen LogP contribution in [-0.4, -0.2) is 61.1 Å². The van der Waals surface area contributed by atoms with Crippen LogP contribution >= 0.6 is 0 Å². The highest BCUT2D eigenvalue weighted by molar-refractivity contribution is 5.85. The molecular weight excluding hydrogens is 446 g/mol. The molecule has 0 amide bonds. The van der Waals surface area contributed by atoms with E-state index in [0.29, 0.717) is 39.0 Å². The van der Waals surface area contributed by atoms with Crippen LogP contribution in [0, 0.1) is 0 Å². The molecule has 0 bridgehead atoms. The van der Waals surface area contributed by atoms with Crippen molar-refractivity contribution >= 4 is 10.9 Å². The van der Waals surface area contributed by atoms with Crippen LogP contribution in [0.5, 0.6) is 0 Å². The lowest BCUT2D eigenvalue weighted by Gasteiger charge is -2.42. The van der Waals surface area contributed by atoms with Gasteiger partial charge < -0.3 is 15.0 Å². The van der Waals surface area contributed by atoms with Crippen LogP contribution in [0.15, 0.2) is 47.6 Å². The average molecular weight is 480 g/mol. The highest BCUT2D eigenvalue weighted by Gasteiger charge is 2.42. The van der Waals surface area contributed by atoms with Crippen molar-refractivity contribution in [2.75, 3.05) is 32.9 Å². The number of halogens is 4. The number of nitrogens with zero attached hydrogens (tertiary/aromatic N) is 1. The van der Waals surface area contributed by atoms with E-state index in [1.807, 2.05) is 50.3 Å². The summed E-state index contributed by atoms with van der Waals surface area (Å²) in [5, 5.41) is 4.21. The van der Waals surface area contributed by atoms with Crippen LogP contribution in [0.25, 0.3) is 10.9 Å². The molecule has 0 saturated heterocycles. The van der Waals surface area contributed by atoms with Gasteiger partial charge in [-0.3, -0.25) is 9.29 Å². The Morgan fingerprint density at radius 1 is 1.18 bits per heavy atom. The predicted octanol–water partition coefficient (Wildman–Crippen LogP) is 5.63. The zero-order chi connectivity index (χ0) is 24.3. The summed E-state index contributed by atoms with van der Waals surface area (Å²) in [6.45, 7) is 4.21. The SMILES string of the molecule is CC1=CC([C@@H]2c3[nH]c4ccccc4c3C[C@@H](C)N2CC(F)(F)F)=CC(OCCNCCCF)C1. The number of hydrogen-bond acceptors (Lipinski definition) is 3. The van der Waals surface area contributed by atoms with E-state index in [0.717, 1.165) is 33.3 Å². The number of hydrogen-bond donors (Lipinski definition) is 2. The molecule has 1 aromatic carbocycles. The Balaban J connectivity index is 1.64. The van der Waals surface area contributed by atoms with Gasteiger partial charge in [0.05, 0.1) is 32.0 Å². The van der Waals surface area contributed by atoms with Gasteiger partial charge in [0.25, 0.3) is 0 Å². The Hall–Kier alpha value is -2.16. The summed E-state index contributed by atoms with van der Waals surface area (Å²) in [4.78, 5) is 5.00. The van der Waals surface area contributed by atoms with Crippen LogP contribution in [0.2, 0.25) is 0 Å². The number of nitrogens with one attached hydrogen (secondary N) is 2. The quantitative estimate of drug-likeness (QED) is 0.362. The monoisotopic (exact) mass is 479 g/mol. The minimum atomic E-state index is -4.30. The number of aromatic nitrogens is 1. The fourth-order valence-corrected chi connectivity index (χ4v) is 5.18. The zero-order valence-corrected chi connectivity index (χ0v) is 19.7. The molecule has 0 spiro atoms. The highest BCUT2D eigenvalue weighted by atomic mass is 19.4. The number of H-pyrrole nitrogens is 1. The van der Waals surface area contributed by atoms with Crippen LogP contribution in [0.1, 0.15) is 44.0 Å². The first-order valence-corrected chi connectivity index (χ1v) is 12.0. The molecule has 1 aromatic heterocycles. The van der Waals surface area contributed by atoms with Gasteiger partial charge in [-0.05, 0) is 56.9 Å². The van der Waals surface area contributed by atoms with Gasteiger partial charge in [0.2, 0.25) is 0 Å². The van der Waals surface area contributed by atoms with E-state index in [1.54, 1.807) is 4.90 Å². The van der Waals surface area contributed by atoms with E-state index in [-0.39, 0.29) is 18.8 Å². The van der Waals surface area contributed by atoms with Gasteiger partial charge in [-0.25, -0.2) is 0 Å². The van der Waals surface area contributed by atoms with Crippen molar-refractivity contribution in [2.24, 2.45) is 0 Å². The maximum atomic E-state index is 13.6. The van der Waals surface area contributed by atoms with Crippen molar-refractivity contribution in [3.63, 3.8) is 0 Å². The van der Waals surface area contributed by atoms with E-state index >= 15 is 0 Å². The van der Waals surface area contributed by atoms with Crippen molar-refractivity contribution in [3.8, 4) is 0 Å². The molecule has 4 rings (SSSR count). The van der Waals surface area contributed by atoms with E-state index in [4.69, 9.17) is 4.74 Å². The normalized spacial score (nSPS) is 23.6. The molecule has 2 heterocycles. The minimum Gasteiger partial charge on any atom is -0.372 e. The van der Waals surface area contributed by atoms with Crippen LogP contribution in [-0.2, 0) is 11.2 Å². The first-order valence-electron chi connectivity index (χ1n) is 12.0. The Bertz CT molecular complexity index is 1040. The third kappa shape index (κ3) is 5.73. The number of ether oxygens (including phenoxy) is 1. The molecule has 2 N–H and O–H groups in total. The number of para-hydroxylation sites is 1. The Labute approximate surface area is 198 Å². The van der Waals surface area contributed by atoms with Crippen LogP contribution in [0.3, 0.4) is 0 Å². The van der Waals surface area contributed by atoms with E-state index < -0.39 is 18.8 Å². The lowest BCUT2D eigenvalue weighted by Crippen LogP contribution is -2.47. The lowest BCUT2D eigenvalue weighted by atomic mass is 9.85. The number of alkyl halides is 4. The fraction of sp³-hybridized carbons (Fsp3) is 0.538. The fourth-order valence-electron chi connectivity index (χ4n) is 5.18. The van der Waals surface area contributed by atoms with Gasteiger partial charge in [-0.2, -0.15) is 13.2 Å². The molecule has 4 nitrogen and oxygen atoms in total. The molecule has 8 heteroatoms. The van der Waals surface area contributed by atoms with Crippen molar-refractivity contribution in [1.29, 1.82) is 0 Å². The van der Waals surface area contributed by atoms with Gasteiger partial charge >= 0.3 is 6.18 Å². The summed E-state index contributed by atoms with van der Waals surface area (Å²) < 4.78 is 59.2. The van der Waals surface area contributed by atoms with Crippen molar-refractivity contribution in [1.82, 2.24) is 15.2 Å². The molecule has 3 atom stereocenters. The van der Waals surface area contributed by atoms with E-state index in [2.05, 4.69) is 10.3 Å². The van der Waals surface area contributed by atoms with Crippen molar-refractivity contribution in [3.05, 3.63) is 58.8 Å². The summed E-state index contributed by atoms with van der Waals surface area (Å²) in [6, 6.07) is 7.11. The van der Waals surface area contributed by atoms with Crippen LogP contribution < -0.4 is 5.32 Å². The molecule has 186 valence electrons. The molecule has 34 heavy (non-hydrogen) atoms. The molecule has 2 aliphatic rings. The summed E-state index contributed by atoms with van der Waals surface area (Å²) in [5.74, 6) is 0. The van der Waals surface area contributed by atoms with E-state index in [1.165, 1.54) is 0 Å². The molecule has 0 saturated carbocycles. The summed E-state index contributed by atoms with van der Waals surface area (Å²) in [6.07, 6.45) is 1.22. The third-order valence-electron chi connectivity index (χ3n) is 6.61. The molecule has 1 unspecified atom stereocenters. The second-order valence-corrected chi connectivity index (χ2v) is 9.37. The first kappa shape index (κ1) is 24.9. The molecule has 1 aliphatic carbocycles. The topological polar surface area (TPSA) is 40.3 Å². The second kappa shape index (κ2) is 10.6. The Kier molecular flexibility index (Phi) is 7.80. The summed E-state index contributed by atoms with van der Waals surface area (Å²) in [5.41, 5.74) is 4.80. The number of aromatic amines is 1. The number of benzene rings is 1. The van der Waals surface area contributed by atoms with Crippen molar-refractivity contribution in [2.45, 2.75) is 57.5 Å². The molecule has 0 radical (unpaired) electrons. The first-order chi connectivity index (χ1) is 16.3. The van der Waals surface area contributed by atoms with Gasteiger partial charge in [0.1, 0.15) is 0 Å². The second-order valence-electron chi connectivity index (χ2n) is 9.37. The average Bonchev–Trinajstić information content (AvgIpc) is 3.13. The minimum absolute atomic E-state index is 0.208. The lowest BCUT2D eigenvalue weighted by molar-refractivity contribution is -0.155. The standard InChI is InChI=1S/C26H33F4N3O/c1-17-12-19(15-20(13-17)34-11-10-31-9-5-8-27)25-24-22(21-6-3-4-7-23(21)32-24)14-18(2)33(25)16-26(28,29)30/h3-4,6-7,12,15,18,20,25,31-32H,5,8-11,13-14,16H2,1-2H3/t18-,20?,25-/m1/s1. The summed E-state index contributed by atoms with van der Waals surface area (Å²) in [7, 11) is 0. The molecule has 0 fully saturated rings. The van der Waals surface area contributed by atoms with Gasteiger partial charge in [0.15, 0.2) is 0 Å². The summed E-state index contributed by atoms with van der Waals surface area (Å²) >= 11 is 0. The maximum absolute atomic E-state index is 13.6. The maximum Gasteiger partial charge on any atom is 0.401 e. The molecule has 2 aromatic rings. The molecule has 1 aliphatic heterocycles. The van der Waals surface area contributed by atoms with E-state index in [9.17, 15) is 17.6 Å². The molecular formula is C26H33F4N3O. The van der Waals surface area contributed by atoms with Crippen LogP contribution in [0.4, 0.5) is 17.6 Å². The Morgan fingerprint density at radius 3 is 2.74 bits per heavy atom. The van der Waals surface area contributed by atoms with Gasteiger partial charge in [-0.15, -0.1) is 0 Å². The third-order valence-corrected chi connectivity index (χ3v) is 6.61. The number of fused-ring (bicyclic) bond motifs is 3. The predicted molar refractivity (Wildman–Crippen MR) is 127 cm³/mol. The smallest absolute Gasteiger partial charge is 0.372 e. The Morgan fingerprint density at radius 2 is 1.97 bits per heavy atom. The largest absolute Gasteiger partial charge is 0.401 e. The zero-order valence-electron chi connectivity index (χ0n) is 19.7.